The van der Waals surface area contributed by atoms with Crippen molar-refractivity contribution in [1.29, 1.82) is 0 Å². The number of cyclic esters (lactones) is 1. The van der Waals surface area contributed by atoms with Gasteiger partial charge in [0, 0.05) is 17.7 Å². The van der Waals surface area contributed by atoms with Crippen molar-refractivity contribution in [2.75, 3.05) is 0 Å². The number of carbonyl (C=O) groups excluding carboxylic acids is 2. The van der Waals surface area contributed by atoms with Gasteiger partial charge in [-0.05, 0) is 48.9 Å². The van der Waals surface area contributed by atoms with E-state index < -0.39 is 16.9 Å². The Morgan fingerprint density at radius 1 is 1.06 bits per heavy atom. The van der Waals surface area contributed by atoms with Crippen molar-refractivity contribution in [3.63, 3.8) is 0 Å². The predicted molar refractivity (Wildman–Crippen MR) is 116 cm³/mol. The molecule has 1 aliphatic rings. The highest BCUT2D eigenvalue weighted by molar-refractivity contribution is 6.12. The molecule has 3 aromatic carbocycles. The molecule has 0 unspecified atom stereocenters. The highest BCUT2D eigenvalue weighted by Crippen LogP contribution is 2.22. The van der Waals surface area contributed by atoms with Crippen LogP contribution in [0, 0.1) is 17.0 Å². The van der Waals surface area contributed by atoms with E-state index in [9.17, 15) is 19.7 Å². The number of esters is 2. The monoisotopic (exact) mass is 428 g/mol. The van der Waals surface area contributed by atoms with Gasteiger partial charge in [0.05, 0.1) is 10.5 Å². The average molecular weight is 428 g/mol. The van der Waals surface area contributed by atoms with Gasteiger partial charge in [-0.1, -0.05) is 35.9 Å². The van der Waals surface area contributed by atoms with Gasteiger partial charge in [0.15, 0.2) is 5.70 Å². The zero-order valence-corrected chi connectivity index (χ0v) is 16.8. The van der Waals surface area contributed by atoms with E-state index in [1.807, 2.05) is 31.2 Å². The molecule has 0 bridgehead atoms. The van der Waals surface area contributed by atoms with Gasteiger partial charge in [-0.3, -0.25) is 10.1 Å². The number of aryl methyl sites for hydroxylation is 1. The summed E-state index contributed by atoms with van der Waals surface area (Å²) in [6.45, 7) is 1.96. The summed E-state index contributed by atoms with van der Waals surface area (Å²) in [4.78, 5) is 38.9. The molecule has 0 saturated heterocycles. The lowest BCUT2D eigenvalue weighted by Gasteiger charge is -2.04. The number of carbonyl (C=O) groups is 2. The van der Waals surface area contributed by atoms with Crippen LogP contribution < -0.4 is 4.74 Å². The van der Waals surface area contributed by atoms with Crippen LogP contribution in [0.2, 0.25) is 0 Å². The fourth-order valence-electron chi connectivity index (χ4n) is 2.93. The fourth-order valence-corrected chi connectivity index (χ4v) is 2.93. The predicted octanol–water partition coefficient (Wildman–Crippen LogP) is 4.47. The first-order valence-electron chi connectivity index (χ1n) is 9.55. The van der Waals surface area contributed by atoms with Crippen LogP contribution in [0.5, 0.6) is 5.75 Å². The molecule has 0 aromatic heterocycles. The second kappa shape index (κ2) is 8.65. The Labute approximate surface area is 182 Å². The number of ether oxygens (including phenoxy) is 2. The molecule has 4 rings (SSSR count). The van der Waals surface area contributed by atoms with E-state index in [0.717, 1.165) is 11.6 Å². The number of hydrogen-bond donors (Lipinski definition) is 0. The molecule has 8 nitrogen and oxygen atoms in total. The van der Waals surface area contributed by atoms with Gasteiger partial charge >= 0.3 is 11.9 Å². The van der Waals surface area contributed by atoms with Gasteiger partial charge in [0.25, 0.3) is 5.69 Å². The molecule has 8 heteroatoms. The molecule has 1 heterocycles. The van der Waals surface area contributed by atoms with Gasteiger partial charge < -0.3 is 9.47 Å². The molecule has 0 spiro atoms. The van der Waals surface area contributed by atoms with Crippen LogP contribution >= 0.6 is 0 Å². The van der Waals surface area contributed by atoms with Crippen molar-refractivity contribution in [2.45, 2.75) is 6.92 Å². The summed E-state index contributed by atoms with van der Waals surface area (Å²) >= 11 is 0. The van der Waals surface area contributed by atoms with Gasteiger partial charge in [-0.2, -0.15) is 0 Å². The number of nitro benzene ring substituents is 1. The van der Waals surface area contributed by atoms with Crippen molar-refractivity contribution in [3.8, 4) is 5.75 Å². The van der Waals surface area contributed by atoms with E-state index in [1.54, 1.807) is 30.3 Å². The topological polar surface area (TPSA) is 108 Å². The smallest absolute Gasteiger partial charge is 0.363 e. The fraction of sp³-hybridized carbons (Fsp3) is 0.0417. The van der Waals surface area contributed by atoms with Crippen LogP contribution in [-0.2, 0) is 9.53 Å². The summed E-state index contributed by atoms with van der Waals surface area (Å²) in [5, 5.41) is 10.9. The molecule has 0 radical (unpaired) electrons. The zero-order valence-electron chi connectivity index (χ0n) is 16.8. The maximum atomic E-state index is 12.3. The summed E-state index contributed by atoms with van der Waals surface area (Å²) in [6, 6.07) is 19.1. The number of nitrogens with zero attached hydrogens (tertiary/aromatic N) is 2. The lowest BCUT2D eigenvalue weighted by Crippen LogP contribution is -2.08. The standard InChI is InChI=1S/C24H16N2O6/c1-15-5-9-17(10-6-15)22-25-21(24(28)32-22)13-16-7-11-20(12-8-16)31-23(27)18-3-2-4-19(14-18)26(29)30/h2-14H,1H3/b21-13+. The van der Waals surface area contributed by atoms with Crippen LogP contribution in [0.15, 0.2) is 83.5 Å². The van der Waals surface area contributed by atoms with Crippen molar-refractivity contribution in [3.05, 3.63) is 111 Å². The molecule has 0 fully saturated rings. The van der Waals surface area contributed by atoms with E-state index in [4.69, 9.17) is 9.47 Å². The first-order valence-corrected chi connectivity index (χ1v) is 9.55. The number of rotatable bonds is 5. The normalized spacial score (nSPS) is 14.1. The first-order chi connectivity index (χ1) is 15.4. The van der Waals surface area contributed by atoms with Gasteiger partial charge in [0.1, 0.15) is 5.75 Å². The Kier molecular flexibility index (Phi) is 5.59. The van der Waals surface area contributed by atoms with E-state index >= 15 is 0 Å². The highest BCUT2D eigenvalue weighted by Gasteiger charge is 2.24. The number of aliphatic imine (C=N–C) groups is 1. The Balaban J connectivity index is 1.48. The van der Waals surface area contributed by atoms with Gasteiger partial charge in [-0.25, -0.2) is 14.6 Å². The lowest BCUT2D eigenvalue weighted by atomic mass is 10.1. The zero-order chi connectivity index (χ0) is 22.7. The van der Waals surface area contributed by atoms with E-state index in [1.165, 1.54) is 18.2 Å². The molecular formula is C24H16N2O6. The molecule has 1 aliphatic heterocycles. The molecule has 0 N–H and O–H groups in total. The van der Waals surface area contributed by atoms with Crippen LogP contribution in [0.1, 0.15) is 27.0 Å². The van der Waals surface area contributed by atoms with Crippen LogP contribution in [-0.4, -0.2) is 22.8 Å². The third-order valence-electron chi connectivity index (χ3n) is 4.61. The van der Waals surface area contributed by atoms with Crippen molar-refractivity contribution in [1.82, 2.24) is 0 Å². The maximum absolute atomic E-state index is 12.3. The molecule has 0 saturated carbocycles. The van der Waals surface area contributed by atoms with Crippen molar-refractivity contribution >= 4 is 29.6 Å². The minimum atomic E-state index is -0.716. The molecule has 32 heavy (non-hydrogen) atoms. The van der Waals surface area contributed by atoms with E-state index in [0.29, 0.717) is 11.1 Å². The van der Waals surface area contributed by atoms with Crippen LogP contribution in [0.3, 0.4) is 0 Å². The second-order valence-electron chi connectivity index (χ2n) is 6.97. The SMILES string of the molecule is Cc1ccc(C2=N/C(=C/c3ccc(OC(=O)c4cccc([N+](=O)[O-])c4)cc3)C(=O)O2)cc1. The second-order valence-corrected chi connectivity index (χ2v) is 6.97. The van der Waals surface area contributed by atoms with E-state index in [2.05, 4.69) is 4.99 Å². The lowest BCUT2D eigenvalue weighted by molar-refractivity contribution is -0.384. The highest BCUT2D eigenvalue weighted by atomic mass is 16.6. The summed E-state index contributed by atoms with van der Waals surface area (Å²) in [5.74, 6) is -0.779. The molecule has 0 atom stereocenters. The van der Waals surface area contributed by atoms with E-state index in [-0.39, 0.29) is 28.6 Å². The van der Waals surface area contributed by atoms with Crippen molar-refractivity contribution in [2.24, 2.45) is 4.99 Å². The minimum absolute atomic E-state index is 0.0667. The third kappa shape index (κ3) is 4.59. The summed E-state index contributed by atoms with van der Waals surface area (Å²) in [6.07, 6.45) is 1.57. The molecular weight excluding hydrogens is 412 g/mol. The number of benzene rings is 3. The molecule has 0 amide bonds. The Morgan fingerprint density at radius 3 is 2.47 bits per heavy atom. The molecule has 3 aromatic rings. The Hall–Kier alpha value is -4.59. The number of non-ortho nitro benzene ring substituents is 1. The molecule has 158 valence electrons. The summed E-state index contributed by atoms with van der Waals surface area (Å²) in [7, 11) is 0. The quantitative estimate of drug-likeness (QED) is 0.195. The largest absolute Gasteiger partial charge is 0.423 e. The Morgan fingerprint density at radius 2 is 1.78 bits per heavy atom. The summed E-state index contributed by atoms with van der Waals surface area (Å²) < 4.78 is 10.5. The Bertz CT molecular complexity index is 1270. The first kappa shape index (κ1) is 20.7. The van der Waals surface area contributed by atoms with Crippen molar-refractivity contribution < 1.29 is 24.0 Å². The van der Waals surface area contributed by atoms with Crippen LogP contribution in [0.25, 0.3) is 6.08 Å². The maximum Gasteiger partial charge on any atom is 0.363 e. The molecule has 0 aliphatic carbocycles. The minimum Gasteiger partial charge on any atom is -0.423 e. The number of nitro groups is 1. The summed E-state index contributed by atoms with van der Waals surface area (Å²) in [5.41, 5.74) is 2.46. The van der Waals surface area contributed by atoms with Gasteiger partial charge in [0.2, 0.25) is 5.90 Å². The average Bonchev–Trinajstić information content (AvgIpc) is 3.15. The van der Waals surface area contributed by atoms with Gasteiger partial charge in [-0.15, -0.1) is 0 Å². The van der Waals surface area contributed by atoms with Crippen LogP contribution in [0.4, 0.5) is 5.69 Å². The number of hydrogen-bond acceptors (Lipinski definition) is 7. The third-order valence-corrected chi connectivity index (χ3v) is 4.61.